The Kier molecular flexibility index (Phi) is 5.39. The van der Waals surface area contributed by atoms with Crippen LogP contribution in [-0.2, 0) is 6.42 Å². The van der Waals surface area contributed by atoms with Gasteiger partial charge in [-0.3, -0.25) is 4.98 Å². The maximum atomic E-state index is 14.1. The number of halogens is 2. The third-order valence-electron chi connectivity index (χ3n) is 3.47. The van der Waals surface area contributed by atoms with E-state index in [0.717, 1.165) is 18.4 Å². The highest BCUT2D eigenvalue weighted by Crippen LogP contribution is 2.28. The zero-order valence-electron chi connectivity index (χ0n) is 12.4. The SMILES string of the molecule is CCCNC(c1ncccc1CC)c1c(F)cccc1F. The number of hydrogen-bond donors (Lipinski definition) is 1. The zero-order valence-corrected chi connectivity index (χ0v) is 12.4. The van der Waals surface area contributed by atoms with E-state index in [9.17, 15) is 8.78 Å². The van der Waals surface area contributed by atoms with Crippen molar-refractivity contribution in [3.05, 3.63) is 65.0 Å². The summed E-state index contributed by atoms with van der Waals surface area (Å²) in [4.78, 5) is 4.37. The van der Waals surface area contributed by atoms with E-state index in [0.29, 0.717) is 12.2 Å². The van der Waals surface area contributed by atoms with Gasteiger partial charge in [-0.25, -0.2) is 8.78 Å². The van der Waals surface area contributed by atoms with E-state index in [4.69, 9.17) is 0 Å². The molecule has 0 amide bonds. The van der Waals surface area contributed by atoms with E-state index >= 15 is 0 Å². The standard InChI is InChI=1S/C17H20F2N2/c1-3-10-20-17(15-13(18)8-5-9-14(15)19)16-12(4-2)7-6-11-21-16/h5-9,11,17,20H,3-4,10H2,1-2H3. The minimum absolute atomic E-state index is 0.0411. The third kappa shape index (κ3) is 3.45. The second-order valence-electron chi connectivity index (χ2n) is 4.92. The van der Waals surface area contributed by atoms with E-state index < -0.39 is 17.7 Å². The van der Waals surface area contributed by atoms with Gasteiger partial charge in [0.2, 0.25) is 0 Å². The lowest BCUT2D eigenvalue weighted by Gasteiger charge is -2.22. The van der Waals surface area contributed by atoms with E-state index in [-0.39, 0.29) is 5.56 Å². The van der Waals surface area contributed by atoms with Crippen molar-refractivity contribution in [2.24, 2.45) is 0 Å². The summed E-state index contributed by atoms with van der Waals surface area (Å²) in [5.41, 5.74) is 1.73. The summed E-state index contributed by atoms with van der Waals surface area (Å²) < 4.78 is 28.3. The van der Waals surface area contributed by atoms with Crippen LogP contribution in [0.1, 0.15) is 43.1 Å². The number of hydrogen-bond acceptors (Lipinski definition) is 2. The molecule has 1 aromatic heterocycles. The molecule has 1 atom stereocenters. The van der Waals surface area contributed by atoms with Gasteiger partial charge in [0.15, 0.2) is 0 Å². The molecule has 1 aromatic carbocycles. The van der Waals surface area contributed by atoms with E-state index in [1.54, 1.807) is 6.20 Å². The van der Waals surface area contributed by atoms with Crippen LogP contribution in [0.25, 0.3) is 0 Å². The summed E-state index contributed by atoms with van der Waals surface area (Å²) in [6.07, 6.45) is 3.30. The number of rotatable bonds is 6. The van der Waals surface area contributed by atoms with Crippen molar-refractivity contribution >= 4 is 0 Å². The fourth-order valence-corrected chi connectivity index (χ4v) is 2.42. The van der Waals surface area contributed by atoms with Gasteiger partial charge in [-0.15, -0.1) is 0 Å². The van der Waals surface area contributed by atoms with E-state index in [2.05, 4.69) is 10.3 Å². The van der Waals surface area contributed by atoms with Crippen molar-refractivity contribution in [2.45, 2.75) is 32.7 Å². The number of benzene rings is 1. The molecular formula is C17H20F2N2. The topological polar surface area (TPSA) is 24.9 Å². The summed E-state index contributed by atoms with van der Waals surface area (Å²) in [7, 11) is 0. The second kappa shape index (κ2) is 7.27. The lowest BCUT2D eigenvalue weighted by atomic mass is 9.97. The van der Waals surface area contributed by atoms with Crippen LogP contribution in [0.5, 0.6) is 0 Å². The first kappa shape index (κ1) is 15.6. The van der Waals surface area contributed by atoms with Gasteiger partial charge in [-0.1, -0.05) is 26.0 Å². The van der Waals surface area contributed by atoms with Crippen LogP contribution in [0.2, 0.25) is 0 Å². The normalized spacial score (nSPS) is 12.4. The highest BCUT2D eigenvalue weighted by Gasteiger charge is 2.24. The molecule has 1 heterocycles. The largest absolute Gasteiger partial charge is 0.305 e. The molecule has 1 N–H and O–H groups in total. The highest BCUT2D eigenvalue weighted by molar-refractivity contribution is 5.34. The molecule has 2 rings (SSSR count). The fraction of sp³-hybridized carbons (Fsp3) is 0.353. The quantitative estimate of drug-likeness (QED) is 0.869. The molecule has 1 unspecified atom stereocenters. The fourth-order valence-electron chi connectivity index (χ4n) is 2.42. The predicted molar refractivity (Wildman–Crippen MR) is 80.1 cm³/mol. The zero-order chi connectivity index (χ0) is 15.2. The summed E-state index contributed by atoms with van der Waals surface area (Å²) >= 11 is 0. The smallest absolute Gasteiger partial charge is 0.131 e. The van der Waals surface area contributed by atoms with Crippen LogP contribution in [0.4, 0.5) is 8.78 Å². The van der Waals surface area contributed by atoms with Gasteiger partial charge in [-0.05, 0) is 43.1 Å². The molecule has 0 aliphatic carbocycles. The number of nitrogens with zero attached hydrogens (tertiary/aromatic N) is 1. The molecule has 0 bridgehead atoms. The molecule has 0 saturated heterocycles. The average molecular weight is 290 g/mol. The first-order chi connectivity index (χ1) is 10.2. The predicted octanol–water partition coefficient (Wildman–Crippen LogP) is 4.01. The number of aromatic nitrogens is 1. The van der Waals surface area contributed by atoms with Crippen LogP contribution in [0.15, 0.2) is 36.5 Å². The molecule has 0 aliphatic heterocycles. The minimum atomic E-state index is -0.567. The van der Waals surface area contributed by atoms with Crippen LogP contribution < -0.4 is 5.32 Å². The van der Waals surface area contributed by atoms with Crippen LogP contribution in [0.3, 0.4) is 0 Å². The Morgan fingerprint density at radius 2 is 1.81 bits per heavy atom. The molecule has 0 radical (unpaired) electrons. The molecule has 0 aliphatic rings. The molecule has 0 fully saturated rings. The van der Waals surface area contributed by atoms with Crippen molar-refractivity contribution < 1.29 is 8.78 Å². The number of pyridine rings is 1. The Bertz CT molecular complexity index is 579. The van der Waals surface area contributed by atoms with Gasteiger partial charge >= 0.3 is 0 Å². The lowest BCUT2D eigenvalue weighted by molar-refractivity contribution is 0.496. The van der Waals surface area contributed by atoms with Gasteiger partial charge in [0.1, 0.15) is 11.6 Å². The van der Waals surface area contributed by atoms with Crippen molar-refractivity contribution in [3.8, 4) is 0 Å². The van der Waals surface area contributed by atoms with Gasteiger partial charge in [-0.2, -0.15) is 0 Å². The van der Waals surface area contributed by atoms with E-state index in [1.807, 2.05) is 26.0 Å². The minimum Gasteiger partial charge on any atom is -0.305 e. The van der Waals surface area contributed by atoms with Gasteiger partial charge in [0.25, 0.3) is 0 Å². The first-order valence-electron chi connectivity index (χ1n) is 7.30. The van der Waals surface area contributed by atoms with E-state index in [1.165, 1.54) is 18.2 Å². The number of aryl methyl sites for hydroxylation is 1. The van der Waals surface area contributed by atoms with Crippen molar-refractivity contribution in [2.75, 3.05) is 6.54 Å². The van der Waals surface area contributed by atoms with Gasteiger partial charge in [0, 0.05) is 11.8 Å². The van der Waals surface area contributed by atoms with Crippen LogP contribution >= 0.6 is 0 Å². The third-order valence-corrected chi connectivity index (χ3v) is 3.47. The molecule has 2 aromatic rings. The van der Waals surface area contributed by atoms with Crippen molar-refractivity contribution in [1.82, 2.24) is 10.3 Å². The first-order valence-corrected chi connectivity index (χ1v) is 7.30. The summed E-state index contributed by atoms with van der Waals surface area (Å²) in [5.74, 6) is -1.09. The monoisotopic (exact) mass is 290 g/mol. The van der Waals surface area contributed by atoms with Crippen LogP contribution in [-0.4, -0.2) is 11.5 Å². The Balaban J connectivity index is 2.53. The molecule has 0 saturated carbocycles. The summed E-state index contributed by atoms with van der Waals surface area (Å²) in [6.45, 7) is 4.69. The maximum Gasteiger partial charge on any atom is 0.131 e. The highest BCUT2D eigenvalue weighted by atomic mass is 19.1. The molecule has 0 spiro atoms. The van der Waals surface area contributed by atoms with Gasteiger partial charge < -0.3 is 5.32 Å². The maximum absolute atomic E-state index is 14.1. The van der Waals surface area contributed by atoms with Crippen LogP contribution in [0, 0.1) is 11.6 Å². The molecule has 4 heteroatoms. The van der Waals surface area contributed by atoms with Gasteiger partial charge in [0.05, 0.1) is 11.7 Å². The Hall–Kier alpha value is -1.81. The molecule has 2 nitrogen and oxygen atoms in total. The number of nitrogens with one attached hydrogen (secondary N) is 1. The Morgan fingerprint density at radius 3 is 2.43 bits per heavy atom. The molecule has 21 heavy (non-hydrogen) atoms. The lowest BCUT2D eigenvalue weighted by Crippen LogP contribution is -2.27. The summed E-state index contributed by atoms with van der Waals surface area (Å²) in [6, 6.07) is 7.17. The molecule has 112 valence electrons. The Labute approximate surface area is 124 Å². The van der Waals surface area contributed by atoms with Crippen molar-refractivity contribution in [1.29, 1.82) is 0 Å². The summed E-state index contributed by atoms with van der Waals surface area (Å²) in [5, 5.41) is 3.22. The van der Waals surface area contributed by atoms with Crippen molar-refractivity contribution in [3.63, 3.8) is 0 Å². The Morgan fingerprint density at radius 1 is 1.10 bits per heavy atom. The second-order valence-corrected chi connectivity index (χ2v) is 4.92. The molecular weight excluding hydrogens is 270 g/mol. The average Bonchev–Trinajstić information content (AvgIpc) is 2.50.